The summed E-state index contributed by atoms with van der Waals surface area (Å²) in [4.78, 5) is 35.6. The van der Waals surface area contributed by atoms with Crippen LogP contribution in [0.4, 0.5) is 0 Å². The second-order valence-corrected chi connectivity index (χ2v) is 9.93. The van der Waals surface area contributed by atoms with E-state index < -0.39 is 11.6 Å². The molecule has 5 rings (SSSR count). The number of aromatic nitrogens is 2. The molecule has 0 saturated carbocycles. The van der Waals surface area contributed by atoms with Crippen LogP contribution in [0.25, 0.3) is 16.6 Å². The van der Waals surface area contributed by atoms with Gasteiger partial charge >= 0.3 is 5.97 Å². The molecule has 4 aromatic rings. The fourth-order valence-corrected chi connectivity index (χ4v) is 5.04. The molecule has 0 fully saturated rings. The van der Waals surface area contributed by atoms with Gasteiger partial charge in [-0.2, -0.15) is 0 Å². The largest absolute Gasteiger partial charge is 0.481 e. The summed E-state index contributed by atoms with van der Waals surface area (Å²) in [5.74, 6) is -0.265. The summed E-state index contributed by atoms with van der Waals surface area (Å²) in [5, 5.41) is 14.5. The maximum Gasteiger partial charge on any atom is 0.303 e. The minimum Gasteiger partial charge on any atom is -0.481 e. The van der Waals surface area contributed by atoms with E-state index in [1.165, 1.54) is 0 Å². The number of halogens is 1. The van der Waals surface area contributed by atoms with E-state index >= 15 is 0 Å². The summed E-state index contributed by atoms with van der Waals surface area (Å²) in [6.07, 6.45) is 3.00. The van der Waals surface area contributed by atoms with Gasteiger partial charge in [-0.15, -0.1) is 0 Å². The van der Waals surface area contributed by atoms with Crippen molar-refractivity contribution in [3.63, 3.8) is 0 Å². The zero-order valence-corrected chi connectivity index (χ0v) is 21.8. The van der Waals surface area contributed by atoms with E-state index in [4.69, 9.17) is 26.5 Å². The Morgan fingerprint density at radius 1 is 1.08 bits per heavy atom. The third-order valence-corrected chi connectivity index (χ3v) is 7.30. The Morgan fingerprint density at radius 2 is 1.84 bits per heavy atom. The number of oxime groups is 1. The number of carbonyl (C=O) groups is 1. The fraction of sp³-hybridized carbons (Fsp3) is 0.267. The van der Waals surface area contributed by atoms with Crippen LogP contribution in [0, 0.1) is 0 Å². The van der Waals surface area contributed by atoms with Crippen LogP contribution in [0.15, 0.2) is 82.7 Å². The number of aliphatic carboxylic acids is 1. The van der Waals surface area contributed by atoms with Crippen LogP contribution in [0.2, 0.25) is 5.02 Å². The molecule has 0 bridgehead atoms. The molecule has 7 nitrogen and oxygen atoms in total. The summed E-state index contributed by atoms with van der Waals surface area (Å²) < 4.78 is 1.59. The van der Waals surface area contributed by atoms with Crippen LogP contribution in [0.5, 0.6) is 0 Å². The van der Waals surface area contributed by atoms with E-state index in [-0.39, 0.29) is 12.0 Å². The molecule has 194 valence electrons. The van der Waals surface area contributed by atoms with Crippen molar-refractivity contribution in [1.82, 2.24) is 9.55 Å². The molecular formula is C30H28ClN3O4. The molecule has 38 heavy (non-hydrogen) atoms. The van der Waals surface area contributed by atoms with Crippen LogP contribution in [-0.2, 0) is 21.7 Å². The van der Waals surface area contributed by atoms with Crippen molar-refractivity contribution in [1.29, 1.82) is 0 Å². The average molecular weight is 530 g/mol. The van der Waals surface area contributed by atoms with E-state index in [0.717, 1.165) is 23.3 Å². The third kappa shape index (κ3) is 5.07. The first kappa shape index (κ1) is 25.7. The van der Waals surface area contributed by atoms with Crippen molar-refractivity contribution >= 4 is 34.2 Å². The van der Waals surface area contributed by atoms with Crippen LogP contribution < -0.4 is 5.56 Å². The molecule has 3 aromatic carbocycles. The van der Waals surface area contributed by atoms with Gasteiger partial charge in [-0.05, 0) is 61.2 Å². The van der Waals surface area contributed by atoms with Gasteiger partial charge in [-0.3, -0.25) is 14.2 Å². The van der Waals surface area contributed by atoms with Gasteiger partial charge in [0.05, 0.1) is 22.3 Å². The lowest BCUT2D eigenvalue weighted by atomic mass is 9.85. The number of hydrogen-bond acceptors (Lipinski definition) is 5. The van der Waals surface area contributed by atoms with Crippen molar-refractivity contribution in [2.75, 3.05) is 0 Å². The fourth-order valence-electron chi connectivity index (χ4n) is 4.92. The lowest BCUT2D eigenvalue weighted by molar-refractivity contribution is -0.137. The summed E-state index contributed by atoms with van der Waals surface area (Å²) in [5.41, 5.74) is 3.27. The first-order valence-corrected chi connectivity index (χ1v) is 13.1. The molecule has 2 heterocycles. The highest BCUT2D eigenvalue weighted by atomic mass is 35.5. The number of hydrogen-bond donors (Lipinski definition) is 1. The second kappa shape index (κ2) is 10.8. The number of fused-ring (bicyclic) bond motifs is 1. The summed E-state index contributed by atoms with van der Waals surface area (Å²) >= 11 is 6.08. The van der Waals surface area contributed by atoms with Gasteiger partial charge in [0.2, 0.25) is 0 Å². The predicted molar refractivity (Wildman–Crippen MR) is 148 cm³/mol. The smallest absolute Gasteiger partial charge is 0.303 e. The molecule has 1 unspecified atom stereocenters. The van der Waals surface area contributed by atoms with Crippen molar-refractivity contribution in [3.05, 3.63) is 105 Å². The van der Waals surface area contributed by atoms with Gasteiger partial charge in [0, 0.05) is 29.8 Å². The third-order valence-electron chi connectivity index (χ3n) is 7.05. The Morgan fingerprint density at radius 3 is 2.55 bits per heavy atom. The van der Waals surface area contributed by atoms with E-state index in [0.29, 0.717) is 53.1 Å². The molecule has 1 aliphatic heterocycles. The molecule has 8 heteroatoms. The zero-order chi connectivity index (χ0) is 26.7. The minimum absolute atomic E-state index is 0.0727. The second-order valence-electron chi connectivity index (χ2n) is 9.50. The molecule has 0 amide bonds. The number of aryl methyl sites for hydroxylation is 1. The van der Waals surface area contributed by atoms with Gasteiger partial charge in [0.15, 0.2) is 5.60 Å². The van der Waals surface area contributed by atoms with Crippen molar-refractivity contribution in [2.24, 2.45) is 5.16 Å². The van der Waals surface area contributed by atoms with Crippen LogP contribution in [0.1, 0.15) is 56.0 Å². The maximum atomic E-state index is 13.7. The lowest BCUT2D eigenvalue weighted by Gasteiger charge is -2.25. The van der Waals surface area contributed by atoms with Gasteiger partial charge in [0.1, 0.15) is 5.82 Å². The molecule has 0 saturated heterocycles. The Bertz CT molecular complexity index is 1560. The normalized spacial score (nSPS) is 16.8. The van der Waals surface area contributed by atoms with Crippen LogP contribution in [-0.4, -0.2) is 26.3 Å². The monoisotopic (exact) mass is 529 g/mol. The maximum absolute atomic E-state index is 13.7. The first-order chi connectivity index (χ1) is 18.4. The highest BCUT2D eigenvalue weighted by molar-refractivity contribution is 6.30. The SMILES string of the molecule is CCC1(c2ccccc2)CC(c2ccc3c(=O)n(-c4ccc(Cl)cc4)c(CCCCC(=O)O)nc3c2)=NO1. The van der Waals surface area contributed by atoms with Crippen molar-refractivity contribution in [2.45, 2.75) is 51.0 Å². The van der Waals surface area contributed by atoms with Gasteiger partial charge in [0.25, 0.3) is 5.56 Å². The van der Waals surface area contributed by atoms with Gasteiger partial charge in [-0.1, -0.05) is 60.1 Å². The summed E-state index contributed by atoms with van der Waals surface area (Å²) in [6.45, 7) is 2.09. The number of rotatable bonds is 9. The highest BCUT2D eigenvalue weighted by Crippen LogP contribution is 2.39. The highest BCUT2D eigenvalue weighted by Gasteiger charge is 2.39. The first-order valence-electron chi connectivity index (χ1n) is 12.7. The molecule has 0 radical (unpaired) electrons. The van der Waals surface area contributed by atoms with Gasteiger partial charge in [-0.25, -0.2) is 4.98 Å². The Kier molecular flexibility index (Phi) is 7.29. The predicted octanol–water partition coefficient (Wildman–Crippen LogP) is 6.27. The van der Waals surface area contributed by atoms with E-state index in [1.54, 1.807) is 34.9 Å². The molecule has 1 N–H and O–H groups in total. The summed E-state index contributed by atoms with van der Waals surface area (Å²) in [6, 6.07) is 22.7. The number of benzene rings is 3. The summed E-state index contributed by atoms with van der Waals surface area (Å²) in [7, 11) is 0. The molecule has 0 aliphatic carbocycles. The molecule has 1 aliphatic rings. The minimum atomic E-state index is -0.839. The zero-order valence-electron chi connectivity index (χ0n) is 21.1. The lowest BCUT2D eigenvalue weighted by Crippen LogP contribution is -2.25. The van der Waals surface area contributed by atoms with Crippen LogP contribution in [0.3, 0.4) is 0 Å². The van der Waals surface area contributed by atoms with E-state index in [2.05, 4.69) is 24.2 Å². The van der Waals surface area contributed by atoms with Gasteiger partial charge < -0.3 is 9.94 Å². The van der Waals surface area contributed by atoms with Crippen LogP contribution >= 0.6 is 11.6 Å². The topological polar surface area (TPSA) is 93.8 Å². The average Bonchev–Trinajstić information content (AvgIpc) is 3.38. The number of nitrogens with zero attached hydrogens (tertiary/aromatic N) is 3. The number of unbranched alkanes of at least 4 members (excludes halogenated alkanes) is 1. The Labute approximate surface area is 225 Å². The molecule has 1 atom stereocenters. The van der Waals surface area contributed by atoms with E-state index in [9.17, 15) is 9.59 Å². The Hall–Kier alpha value is -3.97. The van der Waals surface area contributed by atoms with E-state index in [1.807, 2.05) is 30.3 Å². The molecular weight excluding hydrogens is 502 g/mol. The number of carboxylic acids is 1. The van der Waals surface area contributed by atoms with Crippen molar-refractivity contribution < 1.29 is 14.7 Å². The standard InChI is InChI=1S/C30H28ClN3O4/c1-2-30(21-8-4-3-5-9-21)19-26(33-38-30)20-12-17-24-25(18-20)32-27(10-6-7-11-28(35)36)34(29(24)37)23-15-13-22(31)14-16-23/h3-5,8-9,12-18H,2,6-7,10-11,19H2,1H3,(H,35,36). The Balaban J connectivity index is 1.52. The van der Waals surface area contributed by atoms with Crippen molar-refractivity contribution in [3.8, 4) is 5.69 Å². The molecule has 0 spiro atoms. The number of carboxylic acid groups (broad SMARTS) is 1. The quantitative estimate of drug-likeness (QED) is 0.258. The molecule has 1 aromatic heterocycles.